The molecular weight excluding hydrogens is 262 g/mol. The lowest BCUT2D eigenvalue weighted by atomic mass is 9.98. The van der Waals surface area contributed by atoms with Gasteiger partial charge in [-0.05, 0) is 42.9 Å². The summed E-state index contributed by atoms with van der Waals surface area (Å²) in [7, 11) is 0. The van der Waals surface area contributed by atoms with Gasteiger partial charge >= 0.3 is 0 Å². The van der Waals surface area contributed by atoms with Crippen molar-refractivity contribution in [3.63, 3.8) is 0 Å². The van der Waals surface area contributed by atoms with E-state index in [0.29, 0.717) is 11.2 Å². The van der Waals surface area contributed by atoms with E-state index in [0.717, 1.165) is 17.2 Å². The lowest BCUT2D eigenvalue weighted by molar-refractivity contribution is 0.788. The summed E-state index contributed by atoms with van der Waals surface area (Å²) in [5.41, 5.74) is 3.76. The zero-order chi connectivity index (χ0) is 14.4. The minimum Gasteiger partial charge on any atom is -0.340 e. The molecule has 2 heterocycles. The molecule has 1 fully saturated rings. The van der Waals surface area contributed by atoms with E-state index in [4.69, 9.17) is 0 Å². The molecule has 21 heavy (non-hydrogen) atoms. The van der Waals surface area contributed by atoms with Crippen molar-refractivity contribution in [2.75, 3.05) is 5.32 Å². The smallest absolute Gasteiger partial charge is 0.254 e. The van der Waals surface area contributed by atoms with E-state index in [1.807, 2.05) is 13.0 Å². The second-order valence-electron chi connectivity index (χ2n) is 6.02. The number of nitrogens with zero attached hydrogens (tertiary/aromatic N) is 4. The number of fused-ring (bicyclic) bond motifs is 1. The van der Waals surface area contributed by atoms with Crippen molar-refractivity contribution < 1.29 is 0 Å². The Kier molecular flexibility index (Phi) is 2.51. The lowest BCUT2D eigenvalue weighted by Gasteiger charge is -2.13. The van der Waals surface area contributed by atoms with Crippen LogP contribution < -0.4 is 5.32 Å². The molecule has 2 aromatic heterocycles. The maximum absolute atomic E-state index is 4.35. The highest BCUT2D eigenvalue weighted by Gasteiger charge is 2.38. The molecule has 0 amide bonds. The Morgan fingerprint density at radius 2 is 2.10 bits per heavy atom. The number of benzene rings is 1. The van der Waals surface area contributed by atoms with E-state index in [2.05, 4.69) is 51.6 Å². The molecule has 5 heteroatoms. The molecule has 1 aliphatic carbocycles. The molecule has 0 spiro atoms. The second-order valence-corrected chi connectivity index (χ2v) is 6.02. The van der Waals surface area contributed by atoms with Crippen LogP contribution in [0.5, 0.6) is 0 Å². The third kappa shape index (κ3) is 2.14. The Labute approximate surface area is 123 Å². The summed E-state index contributed by atoms with van der Waals surface area (Å²) in [5, 5.41) is 7.65. The number of anilines is 2. The van der Waals surface area contributed by atoms with Crippen LogP contribution in [-0.2, 0) is 5.41 Å². The Bertz CT molecular complexity index is 816. The average Bonchev–Trinajstić information content (AvgIpc) is 3.04. The fraction of sp³-hybridized carbons (Fsp3) is 0.312. The van der Waals surface area contributed by atoms with Gasteiger partial charge in [0, 0.05) is 17.4 Å². The van der Waals surface area contributed by atoms with Gasteiger partial charge in [-0.25, -0.2) is 4.98 Å². The largest absolute Gasteiger partial charge is 0.340 e. The van der Waals surface area contributed by atoms with Crippen LogP contribution in [0.25, 0.3) is 5.78 Å². The molecule has 1 saturated carbocycles. The Balaban J connectivity index is 1.73. The first-order valence-electron chi connectivity index (χ1n) is 7.19. The standard InChI is InChI=1S/C16H17N5/c1-11-8-14(21-15(19-11)17-10-18-21)20-13-5-3-4-12(9-13)16(2)6-7-16/h3-5,8-10,20H,6-7H2,1-2H3. The summed E-state index contributed by atoms with van der Waals surface area (Å²) in [6.07, 6.45) is 4.07. The first-order valence-corrected chi connectivity index (χ1v) is 7.19. The zero-order valence-corrected chi connectivity index (χ0v) is 12.2. The normalized spacial score (nSPS) is 16.1. The SMILES string of the molecule is Cc1cc(Nc2cccc(C3(C)CC3)c2)n2ncnc2n1. The Morgan fingerprint density at radius 1 is 1.24 bits per heavy atom. The number of aromatic nitrogens is 4. The van der Waals surface area contributed by atoms with Crippen LogP contribution in [0.2, 0.25) is 0 Å². The van der Waals surface area contributed by atoms with Crippen LogP contribution in [0, 0.1) is 6.92 Å². The molecule has 0 saturated heterocycles. The first-order chi connectivity index (χ1) is 10.1. The van der Waals surface area contributed by atoms with Gasteiger partial charge < -0.3 is 5.32 Å². The first kappa shape index (κ1) is 12.3. The van der Waals surface area contributed by atoms with Gasteiger partial charge in [0.25, 0.3) is 5.78 Å². The summed E-state index contributed by atoms with van der Waals surface area (Å²) in [6.45, 7) is 4.28. The number of aryl methyl sites for hydroxylation is 1. The van der Waals surface area contributed by atoms with E-state index in [-0.39, 0.29) is 0 Å². The van der Waals surface area contributed by atoms with Crippen molar-refractivity contribution in [1.29, 1.82) is 0 Å². The van der Waals surface area contributed by atoms with E-state index in [1.54, 1.807) is 4.52 Å². The van der Waals surface area contributed by atoms with Crippen LogP contribution >= 0.6 is 0 Å². The molecule has 0 bridgehead atoms. The summed E-state index contributed by atoms with van der Waals surface area (Å²) in [6, 6.07) is 10.6. The molecular formula is C16H17N5. The zero-order valence-electron chi connectivity index (χ0n) is 12.2. The van der Waals surface area contributed by atoms with Crippen LogP contribution in [0.15, 0.2) is 36.7 Å². The fourth-order valence-electron chi connectivity index (χ4n) is 2.62. The molecule has 5 nitrogen and oxygen atoms in total. The molecule has 106 valence electrons. The fourth-order valence-corrected chi connectivity index (χ4v) is 2.62. The number of hydrogen-bond acceptors (Lipinski definition) is 4. The van der Waals surface area contributed by atoms with Gasteiger partial charge in [0.05, 0.1) is 0 Å². The van der Waals surface area contributed by atoms with Crippen LogP contribution in [-0.4, -0.2) is 19.6 Å². The number of rotatable bonds is 3. The predicted octanol–water partition coefficient (Wildman–Crippen LogP) is 3.23. The van der Waals surface area contributed by atoms with E-state index in [9.17, 15) is 0 Å². The van der Waals surface area contributed by atoms with E-state index >= 15 is 0 Å². The van der Waals surface area contributed by atoms with Crippen LogP contribution in [0.4, 0.5) is 11.5 Å². The highest BCUT2D eigenvalue weighted by Crippen LogP contribution is 2.48. The minimum atomic E-state index is 0.369. The molecule has 4 rings (SSSR count). The second kappa shape index (κ2) is 4.28. The third-order valence-electron chi connectivity index (χ3n) is 4.21. The van der Waals surface area contributed by atoms with Gasteiger partial charge in [0.1, 0.15) is 12.1 Å². The number of hydrogen-bond donors (Lipinski definition) is 1. The van der Waals surface area contributed by atoms with Gasteiger partial charge in [0.15, 0.2) is 0 Å². The summed E-state index contributed by atoms with van der Waals surface area (Å²) in [4.78, 5) is 8.50. The third-order valence-corrected chi connectivity index (χ3v) is 4.21. The molecule has 1 aliphatic rings. The number of nitrogens with one attached hydrogen (secondary N) is 1. The van der Waals surface area contributed by atoms with Gasteiger partial charge in [-0.2, -0.15) is 14.6 Å². The van der Waals surface area contributed by atoms with Crippen molar-refractivity contribution >= 4 is 17.3 Å². The van der Waals surface area contributed by atoms with Crippen LogP contribution in [0.1, 0.15) is 31.0 Å². The molecule has 0 aliphatic heterocycles. The molecule has 3 aromatic rings. The van der Waals surface area contributed by atoms with Crippen molar-refractivity contribution in [1.82, 2.24) is 19.6 Å². The summed E-state index contributed by atoms with van der Waals surface area (Å²) < 4.78 is 1.72. The van der Waals surface area contributed by atoms with Crippen molar-refractivity contribution in [2.24, 2.45) is 0 Å². The molecule has 0 atom stereocenters. The van der Waals surface area contributed by atoms with Crippen molar-refractivity contribution in [3.05, 3.63) is 47.9 Å². The van der Waals surface area contributed by atoms with Gasteiger partial charge in [0.2, 0.25) is 0 Å². The summed E-state index contributed by atoms with van der Waals surface area (Å²) in [5.74, 6) is 1.50. The van der Waals surface area contributed by atoms with Gasteiger partial charge in [-0.15, -0.1) is 0 Å². The van der Waals surface area contributed by atoms with Gasteiger partial charge in [-0.3, -0.25) is 0 Å². The predicted molar refractivity (Wildman–Crippen MR) is 81.8 cm³/mol. The molecule has 1 N–H and O–H groups in total. The van der Waals surface area contributed by atoms with Crippen molar-refractivity contribution in [3.8, 4) is 0 Å². The molecule has 0 unspecified atom stereocenters. The molecule has 0 radical (unpaired) electrons. The van der Waals surface area contributed by atoms with E-state index < -0.39 is 0 Å². The highest BCUT2D eigenvalue weighted by atomic mass is 15.3. The lowest BCUT2D eigenvalue weighted by Crippen LogP contribution is -2.04. The van der Waals surface area contributed by atoms with Crippen molar-refractivity contribution in [2.45, 2.75) is 32.1 Å². The Morgan fingerprint density at radius 3 is 2.90 bits per heavy atom. The van der Waals surface area contributed by atoms with E-state index in [1.165, 1.54) is 24.7 Å². The maximum Gasteiger partial charge on any atom is 0.254 e. The highest BCUT2D eigenvalue weighted by molar-refractivity contribution is 5.60. The summed E-state index contributed by atoms with van der Waals surface area (Å²) >= 11 is 0. The molecule has 1 aromatic carbocycles. The Hall–Kier alpha value is -2.43. The average molecular weight is 279 g/mol. The minimum absolute atomic E-state index is 0.369. The van der Waals surface area contributed by atoms with Crippen LogP contribution in [0.3, 0.4) is 0 Å². The quantitative estimate of drug-likeness (QED) is 0.799. The monoisotopic (exact) mass is 279 g/mol. The van der Waals surface area contributed by atoms with Gasteiger partial charge in [-0.1, -0.05) is 19.1 Å². The maximum atomic E-state index is 4.35. The topological polar surface area (TPSA) is 55.1 Å².